The minimum absolute atomic E-state index is 0.119. The maximum Gasteiger partial charge on any atom is 0.196 e. The first-order chi connectivity index (χ1) is 8.90. The Hall–Kier alpha value is -2.16. The summed E-state index contributed by atoms with van der Waals surface area (Å²) in [7, 11) is 0. The van der Waals surface area contributed by atoms with E-state index in [4.69, 9.17) is 5.73 Å². The molecule has 98 valence electrons. The maximum absolute atomic E-state index is 14.0. The fourth-order valence-electron chi connectivity index (χ4n) is 2.13. The number of hydrogen-bond donors (Lipinski definition) is 1. The summed E-state index contributed by atoms with van der Waals surface area (Å²) in [6.07, 6.45) is 0. The molecule has 2 N–H and O–H groups in total. The van der Waals surface area contributed by atoms with Crippen LogP contribution in [0, 0.1) is 26.6 Å². The van der Waals surface area contributed by atoms with Crippen LogP contribution in [0.25, 0.3) is 0 Å². The number of rotatable bonds is 2. The molecule has 0 heterocycles. The Morgan fingerprint density at radius 3 is 2.32 bits per heavy atom. The Kier molecular flexibility index (Phi) is 3.38. The number of benzene rings is 2. The second-order valence-electron chi connectivity index (χ2n) is 4.84. The molecule has 0 aliphatic heterocycles. The van der Waals surface area contributed by atoms with Gasteiger partial charge in [-0.1, -0.05) is 18.2 Å². The van der Waals surface area contributed by atoms with Crippen molar-refractivity contribution in [1.82, 2.24) is 0 Å². The van der Waals surface area contributed by atoms with Gasteiger partial charge in [0.25, 0.3) is 0 Å². The number of nitrogen functional groups attached to an aromatic ring is 1. The fraction of sp³-hybridized carbons (Fsp3) is 0.188. The van der Waals surface area contributed by atoms with Crippen LogP contribution in [0.3, 0.4) is 0 Å². The zero-order valence-electron chi connectivity index (χ0n) is 11.3. The van der Waals surface area contributed by atoms with E-state index in [9.17, 15) is 9.18 Å². The number of aryl methyl sites for hydroxylation is 3. The van der Waals surface area contributed by atoms with Gasteiger partial charge in [0.05, 0.1) is 5.56 Å². The Morgan fingerprint density at radius 2 is 1.74 bits per heavy atom. The van der Waals surface area contributed by atoms with Crippen LogP contribution in [0.4, 0.5) is 10.1 Å². The van der Waals surface area contributed by atoms with Crippen molar-refractivity contribution >= 4 is 11.5 Å². The zero-order chi connectivity index (χ0) is 14.2. The minimum Gasteiger partial charge on any atom is -0.398 e. The van der Waals surface area contributed by atoms with E-state index in [2.05, 4.69) is 0 Å². The summed E-state index contributed by atoms with van der Waals surface area (Å²) in [6, 6.07) is 8.21. The molecule has 0 aromatic heterocycles. The SMILES string of the molecule is Cc1cc(C)c(C(=O)c2ccc(C)c(N)c2)c(F)c1. The molecule has 0 fully saturated rings. The first-order valence-electron chi connectivity index (χ1n) is 6.07. The smallest absolute Gasteiger partial charge is 0.196 e. The number of nitrogens with two attached hydrogens (primary N) is 1. The molecule has 19 heavy (non-hydrogen) atoms. The normalized spacial score (nSPS) is 10.5. The maximum atomic E-state index is 14.0. The van der Waals surface area contributed by atoms with Gasteiger partial charge in [-0.2, -0.15) is 0 Å². The standard InChI is InChI=1S/C16H16FNO/c1-9-6-11(3)15(13(17)7-9)16(19)12-5-4-10(2)14(18)8-12/h4-8H,18H2,1-3H3. The molecule has 0 atom stereocenters. The van der Waals surface area contributed by atoms with Crippen molar-refractivity contribution < 1.29 is 9.18 Å². The third-order valence-electron chi connectivity index (χ3n) is 3.20. The van der Waals surface area contributed by atoms with Gasteiger partial charge in [-0.25, -0.2) is 4.39 Å². The van der Waals surface area contributed by atoms with Crippen LogP contribution in [0.15, 0.2) is 30.3 Å². The van der Waals surface area contributed by atoms with Crippen molar-refractivity contribution in [2.45, 2.75) is 20.8 Å². The number of carbonyl (C=O) groups excluding carboxylic acids is 1. The summed E-state index contributed by atoms with van der Waals surface area (Å²) in [6.45, 7) is 5.40. The Morgan fingerprint density at radius 1 is 1.05 bits per heavy atom. The van der Waals surface area contributed by atoms with Gasteiger partial charge in [0.1, 0.15) is 5.82 Å². The lowest BCUT2D eigenvalue weighted by molar-refractivity contribution is 0.103. The average Bonchev–Trinajstić information content (AvgIpc) is 2.31. The van der Waals surface area contributed by atoms with E-state index in [1.807, 2.05) is 6.92 Å². The van der Waals surface area contributed by atoms with Gasteiger partial charge >= 0.3 is 0 Å². The Labute approximate surface area is 112 Å². The number of ketones is 1. The van der Waals surface area contributed by atoms with E-state index in [1.165, 1.54) is 6.07 Å². The number of anilines is 1. The largest absolute Gasteiger partial charge is 0.398 e. The highest BCUT2D eigenvalue weighted by atomic mass is 19.1. The van der Waals surface area contributed by atoms with Crippen molar-refractivity contribution in [1.29, 1.82) is 0 Å². The van der Waals surface area contributed by atoms with E-state index in [0.29, 0.717) is 16.8 Å². The third kappa shape index (κ3) is 2.50. The third-order valence-corrected chi connectivity index (χ3v) is 3.20. The molecule has 2 nitrogen and oxygen atoms in total. The second kappa shape index (κ2) is 4.84. The number of carbonyl (C=O) groups is 1. The molecule has 0 saturated carbocycles. The average molecular weight is 257 g/mol. The highest BCUT2D eigenvalue weighted by Crippen LogP contribution is 2.21. The van der Waals surface area contributed by atoms with E-state index < -0.39 is 5.82 Å². The first kappa shape index (κ1) is 13.3. The molecule has 2 aromatic rings. The number of hydrogen-bond acceptors (Lipinski definition) is 2. The quantitative estimate of drug-likeness (QED) is 0.660. The molecule has 0 saturated heterocycles. The Bertz CT molecular complexity index is 639. The molecule has 0 bridgehead atoms. The van der Waals surface area contributed by atoms with E-state index >= 15 is 0 Å². The van der Waals surface area contributed by atoms with Crippen molar-refractivity contribution in [3.63, 3.8) is 0 Å². The summed E-state index contributed by atoms with van der Waals surface area (Å²) in [5.74, 6) is -0.816. The summed E-state index contributed by atoms with van der Waals surface area (Å²) < 4.78 is 14.0. The molecule has 0 spiro atoms. The van der Waals surface area contributed by atoms with Gasteiger partial charge in [0, 0.05) is 11.3 Å². The van der Waals surface area contributed by atoms with Crippen LogP contribution in [0.2, 0.25) is 0 Å². The van der Waals surface area contributed by atoms with Gasteiger partial charge in [0.2, 0.25) is 0 Å². The van der Waals surface area contributed by atoms with Crippen LogP contribution < -0.4 is 5.73 Å². The van der Waals surface area contributed by atoms with Crippen molar-refractivity contribution in [2.24, 2.45) is 0 Å². The van der Waals surface area contributed by atoms with Crippen LogP contribution >= 0.6 is 0 Å². The van der Waals surface area contributed by atoms with E-state index in [0.717, 1.165) is 11.1 Å². The van der Waals surface area contributed by atoms with Crippen LogP contribution in [-0.2, 0) is 0 Å². The number of halogens is 1. The lowest BCUT2D eigenvalue weighted by atomic mass is 9.96. The van der Waals surface area contributed by atoms with Crippen molar-refractivity contribution in [2.75, 3.05) is 5.73 Å². The molecule has 0 unspecified atom stereocenters. The van der Waals surface area contributed by atoms with Crippen molar-refractivity contribution in [3.8, 4) is 0 Å². The topological polar surface area (TPSA) is 43.1 Å². The van der Waals surface area contributed by atoms with Crippen LogP contribution in [0.1, 0.15) is 32.6 Å². The monoisotopic (exact) mass is 257 g/mol. The molecule has 2 rings (SSSR count). The molecule has 0 aliphatic carbocycles. The molecule has 0 amide bonds. The Balaban J connectivity index is 2.53. The first-order valence-corrected chi connectivity index (χ1v) is 6.07. The van der Waals surface area contributed by atoms with Crippen molar-refractivity contribution in [3.05, 3.63) is 64.0 Å². The van der Waals surface area contributed by atoms with Gasteiger partial charge in [-0.05, 0) is 49.6 Å². The van der Waals surface area contributed by atoms with E-state index in [1.54, 1.807) is 38.1 Å². The summed E-state index contributed by atoms with van der Waals surface area (Å²) in [5.41, 5.74) is 9.20. The minimum atomic E-state index is -0.485. The molecule has 3 heteroatoms. The summed E-state index contributed by atoms with van der Waals surface area (Å²) >= 11 is 0. The van der Waals surface area contributed by atoms with Crippen LogP contribution in [0.5, 0.6) is 0 Å². The zero-order valence-corrected chi connectivity index (χ0v) is 11.3. The second-order valence-corrected chi connectivity index (χ2v) is 4.84. The fourth-order valence-corrected chi connectivity index (χ4v) is 2.13. The highest BCUT2D eigenvalue weighted by molar-refractivity contribution is 6.10. The summed E-state index contributed by atoms with van der Waals surface area (Å²) in [4.78, 5) is 12.4. The predicted molar refractivity (Wildman–Crippen MR) is 74.9 cm³/mol. The molecule has 0 aliphatic rings. The molecule has 2 aromatic carbocycles. The van der Waals surface area contributed by atoms with Crippen LogP contribution in [-0.4, -0.2) is 5.78 Å². The highest BCUT2D eigenvalue weighted by Gasteiger charge is 2.17. The lowest BCUT2D eigenvalue weighted by Crippen LogP contribution is -2.08. The lowest BCUT2D eigenvalue weighted by Gasteiger charge is -2.09. The van der Waals surface area contributed by atoms with Gasteiger partial charge < -0.3 is 5.73 Å². The van der Waals surface area contributed by atoms with Gasteiger partial charge in [-0.15, -0.1) is 0 Å². The molecular formula is C16H16FNO. The summed E-state index contributed by atoms with van der Waals surface area (Å²) in [5, 5.41) is 0. The van der Waals surface area contributed by atoms with Gasteiger partial charge in [0.15, 0.2) is 5.78 Å². The van der Waals surface area contributed by atoms with Gasteiger partial charge in [-0.3, -0.25) is 4.79 Å². The molecular weight excluding hydrogens is 241 g/mol. The molecule has 0 radical (unpaired) electrons. The predicted octanol–water partition coefficient (Wildman–Crippen LogP) is 3.56. The van der Waals surface area contributed by atoms with E-state index in [-0.39, 0.29) is 11.3 Å².